The maximum atomic E-state index is 12.5. The molecule has 2 amide bonds. The van der Waals surface area contributed by atoms with Crippen molar-refractivity contribution in [3.63, 3.8) is 0 Å². The van der Waals surface area contributed by atoms with Crippen molar-refractivity contribution in [3.05, 3.63) is 33.8 Å². The first kappa shape index (κ1) is 18.0. The van der Waals surface area contributed by atoms with E-state index in [-0.39, 0.29) is 17.9 Å². The number of amides is 2. The molecule has 1 saturated heterocycles. The quantitative estimate of drug-likeness (QED) is 0.899. The van der Waals surface area contributed by atoms with Crippen LogP contribution in [0.15, 0.2) is 18.2 Å². The van der Waals surface area contributed by atoms with Gasteiger partial charge in [-0.05, 0) is 31.5 Å². The van der Waals surface area contributed by atoms with Gasteiger partial charge in [-0.3, -0.25) is 9.59 Å². The van der Waals surface area contributed by atoms with Crippen molar-refractivity contribution in [1.29, 1.82) is 0 Å². The Bertz CT molecular complexity index is 585. The first-order chi connectivity index (χ1) is 10.9. The lowest BCUT2D eigenvalue weighted by atomic mass is 10.1. The van der Waals surface area contributed by atoms with Crippen molar-refractivity contribution in [1.82, 2.24) is 9.80 Å². The molecule has 126 valence electrons. The molecule has 23 heavy (non-hydrogen) atoms. The Kier molecular flexibility index (Phi) is 6.27. The minimum atomic E-state index is -0.130. The van der Waals surface area contributed by atoms with Crippen LogP contribution in [0.4, 0.5) is 0 Å². The number of carbonyl (C=O) groups excluding carboxylic acids is 2. The third-order valence-corrected chi connectivity index (χ3v) is 4.44. The highest BCUT2D eigenvalue weighted by Gasteiger charge is 2.25. The molecule has 2 rings (SSSR count). The molecule has 5 nitrogen and oxygen atoms in total. The molecule has 0 aromatic heterocycles. The van der Waals surface area contributed by atoms with E-state index in [0.29, 0.717) is 54.6 Å². The topological polar surface area (TPSA) is 66.6 Å². The van der Waals surface area contributed by atoms with Gasteiger partial charge in [0.2, 0.25) is 5.91 Å². The average molecular weight is 358 g/mol. The molecule has 1 aromatic carbocycles. The van der Waals surface area contributed by atoms with Crippen LogP contribution >= 0.6 is 23.2 Å². The van der Waals surface area contributed by atoms with Crippen molar-refractivity contribution in [3.8, 4) is 0 Å². The molecular weight excluding hydrogens is 337 g/mol. The van der Waals surface area contributed by atoms with E-state index >= 15 is 0 Å². The van der Waals surface area contributed by atoms with Crippen LogP contribution in [0, 0.1) is 0 Å². The number of rotatable bonds is 4. The zero-order valence-electron chi connectivity index (χ0n) is 13.1. The average Bonchev–Trinajstić information content (AvgIpc) is 2.52. The normalized spacial score (nSPS) is 16.3. The fourth-order valence-corrected chi connectivity index (χ4v) is 2.99. The number of benzene rings is 1. The number of hydrogen-bond donors (Lipinski definition) is 1. The second kappa shape index (κ2) is 7.99. The van der Waals surface area contributed by atoms with E-state index in [2.05, 4.69) is 0 Å². The van der Waals surface area contributed by atoms with E-state index in [0.717, 1.165) is 0 Å². The van der Waals surface area contributed by atoms with Crippen LogP contribution in [-0.2, 0) is 4.79 Å². The Morgan fingerprint density at radius 1 is 1.17 bits per heavy atom. The first-order valence-electron chi connectivity index (χ1n) is 7.66. The van der Waals surface area contributed by atoms with Gasteiger partial charge >= 0.3 is 0 Å². The van der Waals surface area contributed by atoms with Crippen LogP contribution in [0.1, 0.15) is 30.1 Å². The highest BCUT2D eigenvalue weighted by molar-refractivity contribution is 6.36. The summed E-state index contributed by atoms with van der Waals surface area (Å²) in [7, 11) is 0. The second-order valence-corrected chi connectivity index (χ2v) is 6.66. The smallest absolute Gasteiger partial charge is 0.255 e. The number of nitrogens with two attached hydrogens (primary N) is 1. The summed E-state index contributed by atoms with van der Waals surface area (Å²) in [6.07, 6.45) is 1.13. The van der Waals surface area contributed by atoms with Gasteiger partial charge in [0.25, 0.3) is 5.91 Å². The molecule has 1 fully saturated rings. The van der Waals surface area contributed by atoms with Crippen LogP contribution in [0.2, 0.25) is 10.0 Å². The summed E-state index contributed by atoms with van der Waals surface area (Å²) in [4.78, 5) is 28.1. The van der Waals surface area contributed by atoms with Crippen molar-refractivity contribution in [2.75, 3.05) is 26.2 Å². The van der Waals surface area contributed by atoms with E-state index in [1.807, 2.05) is 6.92 Å². The third kappa shape index (κ3) is 4.83. The fraction of sp³-hybridized carbons (Fsp3) is 0.500. The van der Waals surface area contributed by atoms with Crippen LogP contribution in [-0.4, -0.2) is 53.8 Å². The maximum absolute atomic E-state index is 12.5. The van der Waals surface area contributed by atoms with Gasteiger partial charge in [-0.2, -0.15) is 0 Å². The molecule has 0 saturated carbocycles. The largest absolute Gasteiger partial charge is 0.339 e. The monoisotopic (exact) mass is 357 g/mol. The molecule has 2 N–H and O–H groups in total. The van der Waals surface area contributed by atoms with E-state index in [9.17, 15) is 9.59 Å². The van der Waals surface area contributed by atoms with E-state index in [1.165, 1.54) is 0 Å². The summed E-state index contributed by atoms with van der Waals surface area (Å²) in [5.74, 6) is -0.0340. The summed E-state index contributed by atoms with van der Waals surface area (Å²) >= 11 is 11.9. The van der Waals surface area contributed by atoms with Gasteiger partial charge in [-0.25, -0.2) is 0 Å². The summed E-state index contributed by atoms with van der Waals surface area (Å²) < 4.78 is 0. The number of piperazine rings is 1. The fourth-order valence-electron chi connectivity index (χ4n) is 2.50. The van der Waals surface area contributed by atoms with Gasteiger partial charge in [-0.15, -0.1) is 0 Å². The molecule has 1 aromatic rings. The lowest BCUT2D eigenvalue weighted by Gasteiger charge is -2.35. The Morgan fingerprint density at radius 2 is 1.78 bits per heavy atom. The van der Waals surface area contributed by atoms with Crippen LogP contribution in [0.3, 0.4) is 0 Å². The minimum Gasteiger partial charge on any atom is -0.339 e. The van der Waals surface area contributed by atoms with E-state index in [4.69, 9.17) is 28.9 Å². The van der Waals surface area contributed by atoms with Gasteiger partial charge in [0.15, 0.2) is 0 Å². The molecule has 1 aliphatic heterocycles. The van der Waals surface area contributed by atoms with Crippen LogP contribution < -0.4 is 5.73 Å². The summed E-state index contributed by atoms with van der Waals surface area (Å²) in [5, 5.41) is 0.842. The third-order valence-electron chi connectivity index (χ3n) is 3.89. The highest BCUT2D eigenvalue weighted by Crippen LogP contribution is 2.22. The molecular formula is C16H21Cl2N3O2. The lowest BCUT2D eigenvalue weighted by Crippen LogP contribution is -2.50. The van der Waals surface area contributed by atoms with Gasteiger partial charge in [0.1, 0.15) is 0 Å². The Morgan fingerprint density at radius 3 is 2.35 bits per heavy atom. The zero-order chi connectivity index (χ0) is 17.0. The number of halogens is 2. The molecule has 0 spiro atoms. The SMILES string of the molecule is CC(N)CCC(=O)N1CCN(C(=O)c2ccc(Cl)cc2Cl)CC1. The van der Waals surface area contributed by atoms with Crippen molar-refractivity contribution in [2.24, 2.45) is 5.73 Å². The summed E-state index contributed by atoms with van der Waals surface area (Å²) in [6.45, 7) is 3.96. The Labute approximate surface area is 146 Å². The Balaban J connectivity index is 1.91. The van der Waals surface area contributed by atoms with Crippen molar-refractivity contribution < 1.29 is 9.59 Å². The Hall–Kier alpha value is -1.30. The number of hydrogen-bond acceptors (Lipinski definition) is 3. The first-order valence-corrected chi connectivity index (χ1v) is 8.41. The van der Waals surface area contributed by atoms with E-state index < -0.39 is 0 Å². The number of nitrogens with zero attached hydrogens (tertiary/aromatic N) is 2. The van der Waals surface area contributed by atoms with Gasteiger partial charge in [0, 0.05) is 43.7 Å². The van der Waals surface area contributed by atoms with Crippen LogP contribution in [0.5, 0.6) is 0 Å². The van der Waals surface area contributed by atoms with Crippen LogP contribution in [0.25, 0.3) is 0 Å². The lowest BCUT2D eigenvalue weighted by molar-refractivity contribution is -0.132. The van der Waals surface area contributed by atoms with Gasteiger partial charge < -0.3 is 15.5 Å². The molecule has 1 heterocycles. The summed E-state index contributed by atoms with van der Waals surface area (Å²) in [5.41, 5.74) is 6.11. The predicted octanol–water partition coefficient (Wildman–Crippen LogP) is 2.41. The van der Waals surface area contributed by atoms with Gasteiger partial charge in [0.05, 0.1) is 10.6 Å². The number of carbonyl (C=O) groups is 2. The molecule has 0 bridgehead atoms. The van der Waals surface area contributed by atoms with E-state index in [1.54, 1.807) is 28.0 Å². The zero-order valence-corrected chi connectivity index (χ0v) is 14.6. The molecule has 1 atom stereocenters. The second-order valence-electron chi connectivity index (χ2n) is 5.81. The highest BCUT2D eigenvalue weighted by atomic mass is 35.5. The maximum Gasteiger partial charge on any atom is 0.255 e. The molecule has 0 radical (unpaired) electrons. The minimum absolute atomic E-state index is 0.0221. The molecule has 0 aliphatic carbocycles. The summed E-state index contributed by atoms with van der Waals surface area (Å²) in [6, 6.07) is 4.86. The van der Waals surface area contributed by atoms with Crippen molar-refractivity contribution in [2.45, 2.75) is 25.8 Å². The molecule has 1 aliphatic rings. The predicted molar refractivity (Wildman–Crippen MR) is 91.8 cm³/mol. The molecule has 7 heteroatoms. The standard InChI is InChI=1S/C16H21Cl2N3O2/c1-11(19)2-5-15(22)20-6-8-21(9-7-20)16(23)13-4-3-12(17)10-14(13)18/h3-4,10-11H,2,5-9,19H2,1H3. The van der Waals surface area contributed by atoms with Gasteiger partial charge in [-0.1, -0.05) is 23.2 Å². The van der Waals surface area contributed by atoms with Crippen molar-refractivity contribution >= 4 is 35.0 Å². The molecule has 1 unspecified atom stereocenters.